The van der Waals surface area contributed by atoms with E-state index in [9.17, 15) is 4.79 Å². The Morgan fingerprint density at radius 1 is 1.28 bits per heavy atom. The van der Waals surface area contributed by atoms with Crippen LogP contribution in [0.5, 0.6) is 0 Å². The van der Waals surface area contributed by atoms with Crippen molar-refractivity contribution < 1.29 is 14.1 Å². The summed E-state index contributed by atoms with van der Waals surface area (Å²) in [5.74, 6) is 0.757. The van der Waals surface area contributed by atoms with Crippen molar-refractivity contribution in [3.05, 3.63) is 35.7 Å². The van der Waals surface area contributed by atoms with Gasteiger partial charge in [0.15, 0.2) is 5.76 Å². The second kappa shape index (κ2) is 18.5. The SMILES string of the molecule is C=C(CC)c1cc(C(C)N2CCN(C(=O)OCC)CC2C)no1.CC.CC.CC=C(C)C. The fourth-order valence-corrected chi connectivity index (χ4v) is 2.92. The summed E-state index contributed by atoms with van der Waals surface area (Å²) in [4.78, 5) is 16.0. The molecule has 0 bridgehead atoms. The third kappa shape index (κ3) is 11.0. The van der Waals surface area contributed by atoms with Crippen LogP contribution in [0.25, 0.3) is 5.57 Å². The van der Waals surface area contributed by atoms with Crippen molar-refractivity contribution in [3.8, 4) is 0 Å². The molecule has 1 saturated heterocycles. The molecule has 1 fully saturated rings. The van der Waals surface area contributed by atoms with Crippen molar-refractivity contribution in [2.24, 2.45) is 0 Å². The van der Waals surface area contributed by atoms with Crippen molar-refractivity contribution in [1.82, 2.24) is 15.0 Å². The molecule has 32 heavy (non-hydrogen) atoms. The summed E-state index contributed by atoms with van der Waals surface area (Å²) in [7, 11) is 0. The number of carbonyl (C=O) groups is 1. The van der Waals surface area contributed by atoms with Gasteiger partial charge in [0.25, 0.3) is 0 Å². The molecule has 0 saturated carbocycles. The van der Waals surface area contributed by atoms with Crippen molar-refractivity contribution in [2.75, 3.05) is 26.2 Å². The standard InChI is InChI=1S/C17H27N3O3.C5H10.2C2H6/c1-6-12(3)16-10-15(18-23-16)14(5)20-9-8-19(11-13(20)4)17(21)22-7-2;1-4-5(2)3;2*1-2/h10,13-14H,3,6-9,11H2,1-2,4-5H3;4H,1-3H3;2*1-2H3. The van der Waals surface area contributed by atoms with Crippen LogP contribution in [0.1, 0.15) is 100 Å². The summed E-state index contributed by atoms with van der Waals surface area (Å²) in [6.07, 6.45) is 2.70. The lowest BCUT2D eigenvalue weighted by Crippen LogP contribution is -2.54. The van der Waals surface area contributed by atoms with Gasteiger partial charge < -0.3 is 14.2 Å². The van der Waals surface area contributed by atoms with Gasteiger partial charge in [0.1, 0.15) is 5.69 Å². The maximum Gasteiger partial charge on any atom is 0.409 e. The van der Waals surface area contributed by atoms with E-state index in [-0.39, 0.29) is 18.2 Å². The first kappa shape index (κ1) is 32.1. The zero-order valence-corrected chi connectivity index (χ0v) is 22.6. The maximum atomic E-state index is 11.8. The molecule has 2 unspecified atom stereocenters. The molecule has 1 aromatic rings. The molecule has 0 spiro atoms. The lowest BCUT2D eigenvalue weighted by molar-refractivity contribution is 0.0390. The minimum atomic E-state index is -0.227. The maximum absolute atomic E-state index is 11.8. The summed E-state index contributed by atoms with van der Waals surface area (Å²) in [5, 5.41) is 4.20. The normalized spacial score (nSPS) is 16.1. The predicted octanol–water partition coefficient (Wildman–Crippen LogP) is 7.35. The van der Waals surface area contributed by atoms with E-state index >= 15 is 0 Å². The van der Waals surface area contributed by atoms with Crippen molar-refractivity contribution in [1.29, 1.82) is 0 Å². The first-order valence-electron chi connectivity index (χ1n) is 12.2. The van der Waals surface area contributed by atoms with Gasteiger partial charge >= 0.3 is 6.09 Å². The number of amides is 1. The van der Waals surface area contributed by atoms with Crippen LogP contribution < -0.4 is 0 Å². The minimum Gasteiger partial charge on any atom is -0.450 e. The van der Waals surface area contributed by atoms with Crippen LogP contribution in [0.2, 0.25) is 0 Å². The number of ether oxygens (including phenoxy) is 1. The topological polar surface area (TPSA) is 58.8 Å². The van der Waals surface area contributed by atoms with E-state index in [1.165, 1.54) is 5.57 Å². The molecule has 2 heterocycles. The van der Waals surface area contributed by atoms with E-state index in [2.05, 4.69) is 50.4 Å². The molecule has 0 aromatic carbocycles. The molecule has 0 radical (unpaired) electrons. The molecule has 6 nitrogen and oxygen atoms in total. The zero-order valence-electron chi connectivity index (χ0n) is 22.6. The molecule has 2 atom stereocenters. The number of rotatable bonds is 5. The van der Waals surface area contributed by atoms with Gasteiger partial charge in [0, 0.05) is 31.7 Å². The molecule has 1 aliphatic heterocycles. The molecule has 186 valence electrons. The molecule has 0 N–H and O–H groups in total. The van der Waals surface area contributed by atoms with E-state index in [0.717, 1.165) is 30.0 Å². The van der Waals surface area contributed by atoms with Crippen molar-refractivity contribution >= 4 is 11.7 Å². The van der Waals surface area contributed by atoms with Gasteiger partial charge in [-0.25, -0.2) is 4.79 Å². The minimum absolute atomic E-state index is 0.136. The summed E-state index contributed by atoms with van der Waals surface area (Å²) < 4.78 is 10.5. The van der Waals surface area contributed by atoms with Gasteiger partial charge in [-0.05, 0) is 53.5 Å². The average molecular weight is 452 g/mol. The molecule has 0 aliphatic carbocycles. The van der Waals surface area contributed by atoms with E-state index in [1.807, 2.05) is 54.5 Å². The summed E-state index contributed by atoms with van der Waals surface area (Å²) >= 11 is 0. The van der Waals surface area contributed by atoms with Crippen molar-refractivity contribution in [3.63, 3.8) is 0 Å². The third-order valence-corrected chi connectivity index (χ3v) is 5.01. The highest BCUT2D eigenvalue weighted by Gasteiger charge is 2.31. The Labute approximate surface area is 197 Å². The fraction of sp³-hybridized carbons (Fsp3) is 0.692. The highest BCUT2D eigenvalue weighted by molar-refractivity contribution is 5.67. The van der Waals surface area contributed by atoms with Crippen LogP contribution >= 0.6 is 0 Å². The largest absolute Gasteiger partial charge is 0.450 e. The Morgan fingerprint density at radius 3 is 2.28 bits per heavy atom. The monoisotopic (exact) mass is 451 g/mol. The summed E-state index contributed by atoms with van der Waals surface area (Å²) in [6, 6.07) is 2.34. The number of carbonyl (C=O) groups excluding carboxylic acids is 1. The Kier molecular flexibility index (Phi) is 18.5. The highest BCUT2D eigenvalue weighted by atomic mass is 16.6. The molecule has 2 rings (SSSR count). The highest BCUT2D eigenvalue weighted by Crippen LogP contribution is 2.27. The van der Waals surface area contributed by atoms with Crippen LogP contribution in [0.15, 0.2) is 28.8 Å². The number of nitrogens with zero attached hydrogens (tertiary/aromatic N) is 3. The van der Waals surface area contributed by atoms with E-state index in [1.54, 1.807) is 4.90 Å². The molecular formula is C26H49N3O3. The predicted molar refractivity (Wildman–Crippen MR) is 137 cm³/mol. The second-order valence-corrected chi connectivity index (χ2v) is 7.35. The molecule has 1 aliphatic rings. The number of hydrogen-bond donors (Lipinski definition) is 0. The van der Waals surface area contributed by atoms with Crippen LogP contribution in [0.3, 0.4) is 0 Å². The lowest BCUT2D eigenvalue weighted by Gasteiger charge is -2.41. The van der Waals surface area contributed by atoms with Gasteiger partial charge in [-0.3, -0.25) is 4.90 Å². The van der Waals surface area contributed by atoms with Crippen molar-refractivity contribution in [2.45, 2.75) is 94.7 Å². The molecule has 1 aromatic heterocycles. The second-order valence-electron chi connectivity index (χ2n) is 7.35. The first-order valence-corrected chi connectivity index (χ1v) is 12.2. The Balaban J connectivity index is 0. The number of allylic oxidation sites excluding steroid dienone is 3. The van der Waals surface area contributed by atoms with Crippen LogP contribution in [0.4, 0.5) is 4.79 Å². The summed E-state index contributed by atoms with van der Waals surface area (Å²) in [6.45, 7) is 28.8. The molecular weight excluding hydrogens is 402 g/mol. The van der Waals surface area contributed by atoms with Gasteiger partial charge in [-0.15, -0.1) is 0 Å². The Bertz CT molecular complexity index is 663. The molecule has 1 amide bonds. The average Bonchev–Trinajstić information content (AvgIpc) is 3.31. The van der Waals surface area contributed by atoms with Gasteiger partial charge in [-0.2, -0.15) is 0 Å². The van der Waals surface area contributed by atoms with Gasteiger partial charge in [0.05, 0.1) is 12.6 Å². The smallest absolute Gasteiger partial charge is 0.409 e. The fourth-order valence-electron chi connectivity index (χ4n) is 2.92. The zero-order chi connectivity index (χ0) is 25.3. The number of aromatic nitrogens is 1. The van der Waals surface area contributed by atoms with E-state index < -0.39 is 0 Å². The quantitative estimate of drug-likeness (QED) is 0.438. The van der Waals surface area contributed by atoms with Crippen LogP contribution in [0, 0.1) is 0 Å². The van der Waals surface area contributed by atoms with Crippen LogP contribution in [-0.2, 0) is 4.74 Å². The first-order chi connectivity index (χ1) is 15.2. The van der Waals surface area contributed by atoms with Gasteiger partial charge in [-0.1, -0.05) is 58.0 Å². The van der Waals surface area contributed by atoms with E-state index in [4.69, 9.17) is 9.26 Å². The number of piperazine rings is 1. The molecule has 6 heteroatoms. The Hall–Kier alpha value is -2.08. The summed E-state index contributed by atoms with van der Waals surface area (Å²) in [5.41, 5.74) is 3.24. The van der Waals surface area contributed by atoms with E-state index in [0.29, 0.717) is 19.7 Å². The third-order valence-electron chi connectivity index (χ3n) is 5.01. The Morgan fingerprint density at radius 2 is 1.84 bits per heavy atom. The van der Waals surface area contributed by atoms with Crippen LogP contribution in [-0.4, -0.2) is 53.3 Å². The number of hydrogen-bond acceptors (Lipinski definition) is 5. The lowest BCUT2D eigenvalue weighted by atomic mass is 10.1. The van der Waals surface area contributed by atoms with Gasteiger partial charge in [0.2, 0.25) is 0 Å².